The lowest BCUT2D eigenvalue weighted by Gasteiger charge is -2.25. The number of rotatable bonds is 4. The van der Waals surface area contributed by atoms with Gasteiger partial charge in [-0.05, 0) is 18.2 Å². The van der Waals surface area contributed by atoms with Crippen LogP contribution in [0.15, 0.2) is 18.2 Å². The summed E-state index contributed by atoms with van der Waals surface area (Å²) in [7, 11) is 0. The maximum atomic E-state index is 12.3. The molecule has 17 heavy (non-hydrogen) atoms. The molecule has 1 rings (SSSR count). The molecule has 0 aromatic heterocycles. The van der Waals surface area contributed by atoms with Crippen LogP contribution >= 0.6 is 0 Å². The molecule has 1 aromatic carbocycles. The molecule has 0 atom stereocenters. The summed E-state index contributed by atoms with van der Waals surface area (Å²) in [5.74, 6) is 0. The van der Waals surface area contributed by atoms with E-state index in [0.29, 0.717) is 5.69 Å². The zero-order chi connectivity index (χ0) is 13.1. The third-order valence-corrected chi connectivity index (χ3v) is 2.18. The van der Waals surface area contributed by atoms with Gasteiger partial charge < -0.3 is 21.5 Å². The normalized spacial score (nSPS) is 11.5. The molecule has 7 heteroatoms. The van der Waals surface area contributed by atoms with Crippen molar-refractivity contribution in [1.29, 1.82) is 0 Å². The second-order valence-corrected chi connectivity index (χ2v) is 3.57. The highest BCUT2D eigenvalue weighted by Gasteiger charge is 2.30. The molecule has 0 aliphatic carbocycles. The maximum Gasteiger partial charge on any atom is 0.405 e. The molecule has 0 fully saturated rings. The Morgan fingerprint density at radius 1 is 1.18 bits per heavy atom. The minimum Gasteiger partial charge on any atom is -0.397 e. The number of alkyl halides is 3. The van der Waals surface area contributed by atoms with Gasteiger partial charge in [0.1, 0.15) is 6.54 Å². The van der Waals surface area contributed by atoms with Gasteiger partial charge in [0.05, 0.1) is 18.0 Å². The van der Waals surface area contributed by atoms with Gasteiger partial charge in [-0.15, -0.1) is 0 Å². The minimum absolute atomic E-state index is 0.122. The molecular weight excluding hydrogens is 235 g/mol. The molecule has 0 spiro atoms. The van der Waals surface area contributed by atoms with Gasteiger partial charge >= 0.3 is 6.18 Å². The van der Waals surface area contributed by atoms with E-state index in [-0.39, 0.29) is 24.5 Å². The van der Waals surface area contributed by atoms with E-state index in [1.807, 2.05) is 0 Å². The number of aliphatic hydroxyl groups is 1. The number of halogens is 3. The highest BCUT2D eigenvalue weighted by atomic mass is 19.4. The second-order valence-electron chi connectivity index (χ2n) is 3.57. The van der Waals surface area contributed by atoms with Crippen LogP contribution in [0.4, 0.5) is 30.2 Å². The Morgan fingerprint density at radius 2 is 1.82 bits per heavy atom. The number of hydrogen-bond donors (Lipinski definition) is 3. The molecular formula is C10H14F3N3O. The zero-order valence-electron chi connectivity index (χ0n) is 9.04. The first-order valence-corrected chi connectivity index (χ1v) is 4.91. The van der Waals surface area contributed by atoms with E-state index in [2.05, 4.69) is 0 Å². The first kappa shape index (κ1) is 13.4. The van der Waals surface area contributed by atoms with Crippen LogP contribution in [-0.4, -0.2) is 31.0 Å². The fraction of sp³-hybridized carbons (Fsp3) is 0.400. The lowest BCUT2D eigenvalue weighted by atomic mass is 10.2. The number of anilines is 3. The van der Waals surface area contributed by atoms with Crippen molar-refractivity contribution >= 4 is 17.1 Å². The van der Waals surface area contributed by atoms with Crippen LogP contribution in [0.5, 0.6) is 0 Å². The number of nitrogen functional groups attached to an aromatic ring is 2. The third kappa shape index (κ3) is 4.03. The Balaban J connectivity index is 2.93. The first-order valence-electron chi connectivity index (χ1n) is 4.91. The van der Waals surface area contributed by atoms with Gasteiger partial charge in [0.25, 0.3) is 0 Å². The summed E-state index contributed by atoms with van der Waals surface area (Å²) in [6.07, 6.45) is -4.34. The van der Waals surface area contributed by atoms with Crippen molar-refractivity contribution in [1.82, 2.24) is 0 Å². The van der Waals surface area contributed by atoms with Crippen molar-refractivity contribution in [2.24, 2.45) is 0 Å². The maximum absolute atomic E-state index is 12.3. The predicted octanol–water partition coefficient (Wildman–Crippen LogP) is 1.21. The van der Waals surface area contributed by atoms with E-state index in [1.165, 1.54) is 18.2 Å². The number of benzene rings is 1. The van der Waals surface area contributed by atoms with E-state index in [0.717, 1.165) is 4.90 Å². The van der Waals surface area contributed by atoms with Crippen LogP contribution in [0.1, 0.15) is 0 Å². The van der Waals surface area contributed by atoms with Crippen molar-refractivity contribution in [3.63, 3.8) is 0 Å². The van der Waals surface area contributed by atoms with Gasteiger partial charge in [-0.2, -0.15) is 13.2 Å². The Hall–Kier alpha value is -1.63. The predicted molar refractivity (Wildman–Crippen MR) is 60.6 cm³/mol. The summed E-state index contributed by atoms with van der Waals surface area (Å²) in [6, 6.07) is 4.23. The monoisotopic (exact) mass is 249 g/mol. The Labute approximate surface area is 96.6 Å². The molecule has 0 saturated carbocycles. The number of hydrogen-bond acceptors (Lipinski definition) is 4. The standard InChI is InChI=1S/C10H14F3N3O/c11-10(12,13)6-16(3-4-17)7-1-2-8(14)9(15)5-7/h1-2,5,17H,3-4,6,14-15H2. The molecule has 0 aliphatic heterocycles. The number of nitrogens with zero attached hydrogens (tertiary/aromatic N) is 1. The zero-order valence-corrected chi connectivity index (χ0v) is 9.04. The largest absolute Gasteiger partial charge is 0.405 e. The summed E-state index contributed by atoms with van der Waals surface area (Å²) in [5, 5.41) is 8.75. The molecule has 4 nitrogen and oxygen atoms in total. The van der Waals surface area contributed by atoms with Gasteiger partial charge in [0, 0.05) is 12.2 Å². The molecule has 0 unspecified atom stereocenters. The molecule has 0 aliphatic rings. The highest BCUT2D eigenvalue weighted by molar-refractivity contribution is 5.69. The Bertz CT molecular complexity index is 382. The van der Waals surface area contributed by atoms with E-state index in [4.69, 9.17) is 16.6 Å². The van der Waals surface area contributed by atoms with E-state index in [1.54, 1.807) is 0 Å². The van der Waals surface area contributed by atoms with Crippen LogP contribution in [0.2, 0.25) is 0 Å². The topological polar surface area (TPSA) is 75.5 Å². The third-order valence-electron chi connectivity index (χ3n) is 2.18. The summed E-state index contributed by atoms with van der Waals surface area (Å²) in [4.78, 5) is 0.996. The van der Waals surface area contributed by atoms with Gasteiger partial charge in [-0.1, -0.05) is 0 Å². The van der Waals surface area contributed by atoms with Crippen LogP contribution in [0, 0.1) is 0 Å². The van der Waals surface area contributed by atoms with Gasteiger partial charge in [0.2, 0.25) is 0 Å². The minimum atomic E-state index is -4.34. The quantitative estimate of drug-likeness (QED) is 0.701. The van der Waals surface area contributed by atoms with Crippen LogP contribution < -0.4 is 16.4 Å². The highest BCUT2D eigenvalue weighted by Crippen LogP contribution is 2.26. The second kappa shape index (κ2) is 5.13. The SMILES string of the molecule is Nc1ccc(N(CCO)CC(F)(F)F)cc1N. The van der Waals surface area contributed by atoms with Crippen LogP contribution in [0.25, 0.3) is 0 Å². The molecule has 0 heterocycles. The molecule has 5 N–H and O–H groups in total. The fourth-order valence-electron chi connectivity index (χ4n) is 1.40. The van der Waals surface area contributed by atoms with Gasteiger partial charge in [0.15, 0.2) is 0 Å². The van der Waals surface area contributed by atoms with Crippen molar-refractivity contribution in [2.75, 3.05) is 36.1 Å². The van der Waals surface area contributed by atoms with Crippen molar-refractivity contribution < 1.29 is 18.3 Å². The summed E-state index contributed by atoms with van der Waals surface area (Å²) in [6.45, 7) is -1.64. The van der Waals surface area contributed by atoms with Gasteiger partial charge in [-0.25, -0.2) is 0 Å². The summed E-state index contributed by atoms with van der Waals surface area (Å²) in [5.41, 5.74) is 11.8. The smallest absolute Gasteiger partial charge is 0.397 e. The average Bonchev–Trinajstić information content (AvgIpc) is 2.19. The van der Waals surface area contributed by atoms with Crippen molar-refractivity contribution in [2.45, 2.75) is 6.18 Å². The number of aliphatic hydroxyl groups excluding tert-OH is 1. The van der Waals surface area contributed by atoms with Crippen LogP contribution in [0.3, 0.4) is 0 Å². The van der Waals surface area contributed by atoms with E-state index < -0.39 is 12.7 Å². The van der Waals surface area contributed by atoms with Crippen molar-refractivity contribution in [3.8, 4) is 0 Å². The average molecular weight is 249 g/mol. The molecule has 0 radical (unpaired) electrons. The molecule has 1 aromatic rings. The van der Waals surface area contributed by atoms with E-state index in [9.17, 15) is 13.2 Å². The molecule has 96 valence electrons. The van der Waals surface area contributed by atoms with Gasteiger partial charge in [-0.3, -0.25) is 0 Å². The summed E-state index contributed by atoms with van der Waals surface area (Å²) >= 11 is 0. The molecule has 0 bridgehead atoms. The van der Waals surface area contributed by atoms with E-state index >= 15 is 0 Å². The lowest BCUT2D eigenvalue weighted by Crippen LogP contribution is -2.36. The van der Waals surface area contributed by atoms with Crippen LogP contribution in [-0.2, 0) is 0 Å². The Kier molecular flexibility index (Phi) is 4.06. The Morgan fingerprint density at radius 3 is 2.29 bits per heavy atom. The summed E-state index contributed by atoms with van der Waals surface area (Å²) < 4.78 is 36.9. The first-order chi connectivity index (χ1) is 7.83. The number of nitrogens with two attached hydrogens (primary N) is 2. The fourth-order valence-corrected chi connectivity index (χ4v) is 1.40. The molecule has 0 saturated heterocycles. The van der Waals surface area contributed by atoms with Crippen molar-refractivity contribution in [3.05, 3.63) is 18.2 Å². The lowest BCUT2D eigenvalue weighted by molar-refractivity contribution is -0.119. The molecule has 0 amide bonds.